The quantitative estimate of drug-likeness (QED) is 0.872. The summed E-state index contributed by atoms with van der Waals surface area (Å²) in [6, 6.07) is 13.1. The Kier molecular flexibility index (Phi) is 5.86. The molecule has 27 heavy (non-hydrogen) atoms. The number of rotatable bonds is 4. The highest BCUT2D eigenvalue weighted by atomic mass is 16.2. The topological polar surface area (TPSA) is 92.5 Å². The first-order chi connectivity index (χ1) is 13.0. The van der Waals surface area contributed by atoms with Gasteiger partial charge in [0, 0.05) is 35.5 Å². The van der Waals surface area contributed by atoms with E-state index in [-0.39, 0.29) is 17.4 Å². The zero-order valence-corrected chi connectivity index (χ0v) is 15.1. The SMILES string of the molecule is NC(=O)c1cccc(C(=O)Nc2ccc(C(=O)N3CCCCCC3)cc2)c1. The van der Waals surface area contributed by atoms with Crippen molar-refractivity contribution in [2.75, 3.05) is 18.4 Å². The molecule has 6 nitrogen and oxygen atoms in total. The van der Waals surface area contributed by atoms with E-state index >= 15 is 0 Å². The zero-order chi connectivity index (χ0) is 19.2. The van der Waals surface area contributed by atoms with E-state index in [4.69, 9.17) is 5.73 Å². The van der Waals surface area contributed by atoms with E-state index in [0.717, 1.165) is 25.9 Å². The van der Waals surface area contributed by atoms with Crippen LogP contribution in [-0.4, -0.2) is 35.7 Å². The second-order valence-corrected chi connectivity index (χ2v) is 6.68. The lowest BCUT2D eigenvalue weighted by molar-refractivity contribution is 0.0761. The predicted octanol–water partition coefficient (Wildman–Crippen LogP) is 3.05. The summed E-state index contributed by atoms with van der Waals surface area (Å²) in [7, 11) is 0. The van der Waals surface area contributed by atoms with Crippen molar-refractivity contribution in [1.82, 2.24) is 4.90 Å². The van der Waals surface area contributed by atoms with E-state index in [2.05, 4.69) is 5.32 Å². The molecule has 0 aliphatic carbocycles. The average Bonchev–Trinajstić information content (AvgIpc) is 2.97. The second-order valence-electron chi connectivity index (χ2n) is 6.68. The Morgan fingerprint density at radius 3 is 2.07 bits per heavy atom. The molecule has 3 amide bonds. The molecule has 140 valence electrons. The smallest absolute Gasteiger partial charge is 0.255 e. The van der Waals surface area contributed by atoms with Crippen LogP contribution in [0.4, 0.5) is 5.69 Å². The van der Waals surface area contributed by atoms with Crippen molar-refractivity contribution in [3.8, 4) is 0 Å². The third-order valence-corrected chi connectivity index (χ3v) is 4.69. The highest BCUT2D eigenvalue weighted by Gasteiger charge is 2.17. The van der Waals surface area contributed by atoms with E-state index in [1.165, 1.54) is 18.9 Å². The molecule has 3 N–H and O–H groups in total. The van der Waals surface area contributed by atoms with Crippen LogP contribution in [0.15, 0.2) is 48.5 Å². The molecular weight excluding hydrogens is 342 g/mol. The van der Waals surface area contributed by atoms with Crippen LogP contribution in [-0.2, 0) is 0 Å². The predicted molar refractivity (Wildman–Crippen MR) is 104 cm³/mol. The summed E-state index contributed by atoms with van der Waals surface area (Å²) in [5.74, 6) is -0.894. The van der Waals surface area contributed by atoms with Gasteiger partial charge in [-0.3, -0.25) is 14.4 Å². The number of nitrogens with zero attached hydrogens (tertiary/aromatic N) is 1. The molecule has 0 saturated carbocycles. The van der Waals surface area contributed by atoms with Crippen molar-refractivity contribution < 1.29 is 14.4 Å². The highest BCUT2D eigenvalue weighted by molar-refractivity contribution is 6.06. The molecule has 6 heteroatoms. The normalized spacial score (nSPS) is 14.3. The number of amides is 3. The van der Waals surface area contributed by atoms with Gasteiger partial charge in [0.1, 0.15) is 0 Å². The van der Waals surface area contributed by atoms with Crippen LogP contribution < -0.4 is 11.1 Å². The molecule has 0 spiro atoms. The van der Waals surface area contributed by atoms with Crippen LogP contribution in [0.1, 0.15) is 56.8 Å². The first-order valence-electron chi connectivity index (χ1n) is 9.15. The maximum atomic E-state index is 12.6. The lowest BCUT2D eigenvalue weighted by Gasteiger charge is -2.20. The minimum atomic E-state index is -0.582. The van der Waals surface area contributed by atoms with Crippen LogP contribution in [0.25, 0.3) is 0 Å². The van der Waals surface area contributed by atoms with E-state index in [0.29, 0.717) is 16.8 Å². The molecule has 1 saturated heterocycles. The Labute approximate surface area is 158 Å². The molecule has 0 unspecified atom stereocenters. The Hall–Kier alpha value is -3.15. The molecule has 1 heterocycles. The minimum absolute atomic E-state index is 0.0314. The molecule has 1 fully saturated rings. The van der Waals surface area contributed by atoms with E-state index in [1.54, 1.807) is 42.5 Å². The number of carbonyl (C=O) groups excluding carboxylic acids is 3. The number of nitrogens with one attached hydrogen (secondary N) is 1. The molecular formula is C21H23N3O3. The molecule has 2 aromatic carbocycles. The van der Waals surface area contributed by atoms with Gasteiger partial charge in [-0.25, -0.2) is 0 Å². The van der Waals surface area contributed by atoms with Gasteiger partial charge in [0.05, 0.1) is 0 Å². The van der Waals surface area contributed by atoms with Crippen molar-refractivity contribution in [2.45, 2.75) is 25.7 Å². The lowest BCUT2D eigenvalue weighted by Crippen LogP contribution is -2.31. The van der Waals surface area contributed by atoms with E-state index < -0.39 is 5.91 Å². The number of benzene rings is 2. The number of anilines is 1. The van der Waals surface area contributed by atoms with Crippen LogP contribution in [0.5, 0.6) is 0 Å². The van der Waals surface area contributed by atoms with Gasteiger partial charge < -0.3 is 16.0 Å². The van der Waals surface area contributed by atoms with E-state index in [9.17, 15) is 14.4 Å². The number of hydrogen-bond donors (Lipinski definition) is 2. The van der Waals surface area contributed by atoms with Crippen molar-refractivity contribution >= 4 is 23.4 Å². The third kappa shape index (κ3) is 4.73. The monoisotopic (exact) mass is 365 g/mol. The molecule has 2 aromatic rings. The Bertz CT molecular complexity index is 838. The number of hydrogen-bond acceptors (Lipinski definition) is 3. The van der Waals surface area contributed by atoms with Gasteiger partial charge in [0.25, 0.3) is 11.8 Å². The molecule has 0 aromatic heterocycles. The first-order valence-corrected chi connectivity index (χ1v) is 9.15. The molecule has 1 aliphatic heterocycles. The first kappa shape index (κ1) is 18.6. The highest BCUT2D eigenvalue weighted by Crippen LogP contribution is 2.16. The van der Waals surface area contributed by atoms with Gasteiger partial charge in [0.2, 0.25) is 5.91 Å². The summed E-state index contributed by atoms with van der Waals surface area (Å²) in [5, 5.41) is 2.76. The second kappa shape index (κ2) is 8.49. The van der Waals surface area contributed by atoms with Gasteiger partial charge in [0.15, 0.2) is 0 Å². The maximum Gasteiger partial charge on any atom is 0.255 e. The van der Waals surface area contributed by atoms with Crippen molar-refractivity contribution in [3.05, 3.63) is 65.2 Å². The standard InChI is InChI=1S/C21H23N3O3/c22-19(25)16-6-5-7-17(14-16)20(26)23-18-10-8-15(9-11-18)21(27)24-12-3-1-2-4-13-24/h5-11,14H,1-4,12-13H2,(H2,22,25)(H,23,26). The van der Waals surface area contributed by atoms with Crippen molar-refractivity contribution in [1.29, 1.82) is 0 Å². The fourth-order valence-corrected chi connectivity index (χ4v) is 3.17. The fourth-order valence-electron chi connectivity index (χ4n) is 3.17. The molecule has 3 rings (SSSR count). The van der Waals surface area contributed by atoms with Gasteiger partial charge >= 0.3 is 0 Å². The van der Waals surface area contributed by atoms with Gasteiger partial charge in [-0.15, -0.1) is 0 Å². The summed E-state index contributed by atoms with van der Waals surface area (Å²) < 4.78 is 0. The zero-order valence-electron chi connectivity index (χ0n) is 15.1. The largest absolute Gasteiger partial charge is 0.366 e. The van der Waals surface area contributed by atoms with E-state index in [1.807, 2.05) is 4.90 Å². The number of nitrogens with two attached hydrogens (primary N) is 1. The van der Waals surface area contributed by atoms with Crippen LogP contribution in [0.3, 0.4) is 0 Å². The molecule has 0 bridgehead atoms. The Morgan fingerprint density at radius 2 is 1.44 bits per heavy atom. The average molecular weight is 365 g/mol. The van der Waals surface area contributed by atoms with Crippen LogP contribution >= 0.6 is 0 Å². The lowest BCUT2D eigenvalue weighted by atomic mass is 10.1. The number of likely N-dealkylation sites (tertiary alicyclic amines) is 1. The summed E-state index contributed by atoms with van der Waals surface area (Å²) >= 11 is 0. The fraction of sp³-hybridized carbons (Fsp3) is 0.286. The van der Waals surface area contributed by atoms with Crippen LogP contribution in [0.2, 0.25) is 0 Å². The van der Waals surface area contributed by atoms with Gasteiger partial charge in [-0.1, -0.05) is 18.9 Å². The molecule has 1 aliphatic rings. The summed E-state index contributed by atoms with van der Waals surface area (Å²) in [6.07, 6.45) is 4.44. The summed E-state index contributed by atoms with van der Waals surface area (Å²) in [6.45, 7) is 1.60. The molecule has 0 atom stereocenters. The van der Waals surface area contributed by atoms with Crippen molar-refractivity contribution in [2.24, 2.45) is 5.73 Å². The minimum Gasteiger partial charge on any atom is -0.366 e. The molecule has 0 radical (unpaired) electrons. The van der Waals surface area contributed by atoms with Gasteiger partial charge in [-0.2, -0.15) is 0 Å². The Balaban J connectivity index is 1.66. The van der Waals surface area contributed by atoms with Crippen molar-refractivity contribution in [3.63, 3.8) is 0 Å². The number of primary amides is 1. The maximum absolute atomic E-state index is 12.6. The summed E-state index contributed by atoms with van der Waals surface area (Å²) in [4.78, 5) is 38.1. The Morgan fingerprint density at radius 1 is 0.815 bits per heavy atom. The van der Waals surface area contributed by atoms with Crippen LogP contribution in [0, 0.1) is 0 Å². The summed E-state index contributed by atoms with van der Waals surface area (Å²) in [5.41, 5.74) is 7.06. The third-order valence-electron chi connectivity index (χ3n) is 4.69. The number of carbonyl (C=O) groups is 3. The van der Waals surface area contributed by atoms with Gasteiger partial charge in [-0.05, 0) is 55.3 Å².